The Morgan fingerprint density at radius 1 is 1.37 bits per heavy atom. The number of amides is 1. The molecule has 0 aromatic heterocycles. The van der Waals surface area contributed by atoms with Gasteiger partial charge in [0.1, 0.15) is 0 Å². The molecule has 1 rings (SSSR count). The summed E-state index contributed by atoms with van der Waals surface area (Å²) in [6.07, 6.45) is 4.27. The highest BCUT2D eigenvalue weighted by Crippen LogP contribution is 2.27. The van der Waals surface area contributed by atoms with Gasteiger partial charge in [0.2, 0.25) is 0 Å². The molecule has 0 bridgehead atoms. The minimum absolute atomic E-state index is 0.0964. The highest BCUT2D eigenvalue weighted by molar-refractivity contribution is 6.11. The van der Waals surface area contributed by atoms with Crippen LogP contribution in [0.5, 0.6) is 0 Å². The molecular formula is C21H30F2N4O3. The summed E-state index contributed by atoms with van der Waals surface area (Å²) in [5.74, 6) is -3.99. The van der Waals surface area contributed by atoms with Crippen LogP contribution in [0, 0.1) is 5.92 Å². The van der Waals surface area contributed by atoms with Gasteiger partial charge in [-0.2, -0.15) is 0 Å². The highest BCUT2D eigenvalue weighted by atomic mass is 19.3. The van der Waals surface area contributed by atoms with Gasteiger partial charge in [-0.1, -0.05) is 13.8 Å². The molecule has 0 radical (unpaired) electrons. The van der Waals surface area contributed by atoms with Crippen LogP contribution in [0.25, 0.3) is 0 Å². The van der Waals surface area contributed by atoms with Crippen molar-refractivity contribution in [3.05, 3.63) is 46.7 Å². The van der Waals surface area contributed by atoms with Gasteiger partial charge in [0.25, 0.3) is 11.8 Å². The van der Waals surface area contributed by atoms with E-state index in [9.17, 15) is 18.4 Å². The Hall–Kier alpha value is -2.97. The van der Waals surface area contributed by atoms with Crippen molar-refractivity contribution in [1.29, 1.82) is 0 Å². The van der Waals surface area contributed by atoms with E-state index in [-0.39, 0.29) is 41.3 Å². The van der Waals surface area contributed by atoms with Gasteiger partial charge in [-0.05, 0) is 32.7 Å². The lowest BCUT2D eigenvalue weighted by Gasteiger charge is -2.26. The predicted molar refractivity (Wildman–Crippen MR) is 112 cm³/mol. The van der Waals surface area contributed by atoms with Gasteiger partial charge >= 0.3 is 0 Å². The monoisotopic (exact) mass is 424 g/mol. The standard InChI is InChI=1S/C21H30F2N4O3/c1-12(2)18(28)16-10-27(20(29)15(16)7-8-26-6)14(4)17(24)9-13(3)19(25)30-11-21(5,22)23/h7-9,12,14H,6,10-11,24-25H2,1-5H3/b8-7-,17-9-,19-13+. The van der Waals surface area contributed by atoms with E-state index in [1.54, 1.807) is 27.7 Å². The van der Waals surface area contributed by atoms with E-state index in [0.29, 0.717) is 11.1 Å². The van der Waals surface area contributed by atoms with Crippen molar-refractivity contribution in [2.24, 2.45) is 22.4 Å². The van der Waals surface area contributed by atoms with Gasteiger partial charge in [0.15, 0.2) is 18.3 Å². The van der Waals surface area contributed by atoms with E-state index < -0.39 is 18.6 Å². The Kier molecular flexibility index (Phi) is 8.50. The summed E-state index contributed by atoms with van der Waals surface area (Å²) < 4.78 is 30.7. The van der Waals surface area contributed by atoms with Crippen LogP contribution in [0.4, 0.5) is 8.78 Å². The molecule has 1 heterocycles. The van der Waals surface area contributed by atoms with E-state index in [1.807, 2.05) is 0 Å². The minimum atomic E-state index is -3.02. The van der Waals surface area contributed by atoms with Crippen LogP contribution in [0.2, 0.25) is 0 Å². The number of halogens is 2. The summed E-state index contributed by atoms with van der Waals surface area (Å²) in [5.41, 5.74) is 13.1. The van der Waals surface area contributed by atoms with Gasteiger partial charge in [0, 0.05) is 41.5 Å². The molecule has 0 aliphatic carbocycles. The van der Waals surface area contributed by atoms with Gasteiger partial charge in [-0.3, -0.25) is 14.6 Å². The summed E-state index contributed by atoms with van der Waals surface area (Å²) in [6, 6.07) is -0.578. The molecular weight excluding hydrogens is 394 g/mol. The van der Waals surface area contributed by atoms with Crippen LogP contribution < -0.4 is 11.5 Å². The number of allylic oxidation sites excluding steroid dienone is 2. The average Bonchev–Trinajstić information content (AvgIpc) is 2.98. The Labute approximate surface area is 175 Å². The zero-order valence-electron chi connectivity index (χ0n) is 18.0. The van der Waals surface area contributed by atoms with Gasteiger partial charge < -0.3 is 21.1 Å². The number of carbonyl (C=O) groups is 2. The van der Waals surface area contributed by atoms with Crippen LogP contribution >= 0.6 is 0 Å². The zero-order chi connectivity index (χ0) is 23.2. The van der Waals surface area contributed by atoms with Crippen LogP contribution in [0.1, 0.15) is 34.6 Å². The Morgan fingerprint density at radius 2 is 1.97 bits per heavy atom. The average molecular weight is 424 g/mol. The van der Waals surface area contributed by atoms with Crippen LogP contribution in [0.15, 0.2) is 51.6 Å². The van der Waals surface area contributed by atoms with Crippen LogP contribution in [0.3, 0.4) is 0 Å². The SMILES string of the molecule is C=N/C=C\C1=C(C(=O)C(C)C)CN(C(C)/C(N)=C/C(C)=C(\N)OCC(C)(F)F)C1=O. The molecule has 1 atom stereocenters. The molecule has 1 unspecified atom stereocenters. The molecule has 0 fully saturated rings. The highest BCUT2D eigenvalue weighted by Gasteiger charge is 2.36. The first kappa shape index (κ1) is 25.1. The number of ether oxygens (including phenoxy) is 1. The molecule has 1 aliphatic heterocycles. The first-order valence-corrected chi connectivity index (χ1v) is 9.44. The van der Waals surface area contributed by atoms with Crippen molar-refractivity contribution in [2.45, 2.75) is 46.6 Å². The third kappa shape index (κ3) is 6.53. The second kappa shape index (κ2) is 10.2. The first-order chi connectivity index (χ1) is 13.8. The molecule has 0 saturated heterocycles. The topological polar surface area (TPSA) is 111 Å². The van der Waals surface area contributed by atoms with Crippen molar-refractivity contribution in [2.75, 3.05) is 13.2 Å². The van der Waals surface area contributed by atoms with Crippen molar-refractivity contribution < 1.29 is 23.1 Å². The Bertz CT molecular complexity index is 821. The molecule has 0 spiro atoms. The first-order valence-electron chi connectivity index (χ1n) is 9.44. The fourth-order valence-corrected chi connectivity index (χ4v) is 2.72. The molecule has 30 heavy (non-hydrogen) atoms. The summed E-state index contributed by atoms with van der Waals surface area (Å²) in [5, 5.41) is 0. The fraction of sp³-hybridized carbons (Fsp3) is 0.476. The van der Waals surface area contributed by atoms with Crippen molar-refractivity contribution >= 4 is 18.4 Å². The number of ketones is 1. The lowest BCUT2D eigenvalue weighted by Crippen LogP contribution is -2.39. The Morgan fingerprint density at radius 3 is 2.47 bits per heavy atom. The van der Waals surface area contributed by atoms with E-state index in [0.717, 1.165) is 6.92 Å². The summed E-state index contributed by atoms with van der Waals surface area (Å²) in [7, 11) is 0. The number of hydrogen-bond donors (Lipinski definition) is 2. The minimum Gasteiger partial charge on any atom is -0.473 e. The smallest absolute Gasteiger partial charge is 0.278 e. The number of Topliss-reactive ketones (excluding diaryl/α,β-unsaturated/α-hetero) is 1. The van der Waals surface area contributed by atoms with Crippen molar-refractivity contribution in [3.63, 3.8) is 0 Å². The zero-order valence-corrected chi connectivity index (χ0v) is 18.0. The third-order valence-electron chi connectivity index (χ3n) is 4.52. The third-order valence-corrected chi connectivity index (χ3v) is 4.52. The number of carbonyl (C=O) groups excluding carboxylic acids is 2. The maximum atomic E-state index is 12.9. The fourth-order valence-electron chi connectivity index (χ4n) is 2.72. The van der Waals surface area contributed by atoms with E-state index in [1.165, 1.54) is 23.3 Å². The van der Waals surface area contributed by atoms with E-state index in [4.69, 9.17) is 16.2 Å². The molecule has 1 aliphatic rings. The summed E-state index contributed by atoms with van der Waals surface area (Å²) in [4.78, 5) is 30.5. The van der Waals surface area contributed by atoms with Gasteiger partial charge in [-0.15, -0.1) is 0 Å². The predicted octanol–water partition coefficient (Wildman–Crippen LogP) is 2.66. The molecule has 0 aromatic rings. The number of nitrogens with two attached hydrogens (primary N) is 2. The van der Waals surface area contributed by atoms with E-state index in [2.05, 4.69) is 11.7 Å². The summed E-state index contributed by atoms with van der Waals surface area (Å²) >= 11 is 0. The molecule has 1 amide bonds. The lowest BCUT2D eigenvalue weighted by molar-refractivity contribution is -0.126. The number of hydrogen-bond acceptors (Lipinski definition) is 6. The number of aliphatic imine (C=N–C) groups is 1. The molecule has 7 nitrogen and oxygen atoms in total. The van der Waals surface area contributed by atoms with Crippen LogP contribution in [-0.2, 0) is 14.3 Å². The molecule has 4 N–H and O–H groups in total. The quantitative estimate of drug-likeness (QED) is 0.318. The van der Waals surface area contributed by atoms with E-state index >= 15 is 0 Å². The van der Waals surface area contributed by atoms with Gasteiger partial charge in [0.05, 0.1) is 12.6 Å². The molecule has 9 heteroatoms. The second-order valence-corrected chi connectivity index (χ2v) is 7.57. The molecule has 166 valence electrons. The largest absolute Gasteiger partial charge is 0.473 e. The lowest BCUT2D eigenvalue weighted by atomic mass is 9.98. The molecule has 0 aromatic carbocycles. The van der Waals surface area contributed by atoms with Crippen molar-refractivity contribution in [3.8, 4) is 0 Å². The maximum absolute atomic E-state index is 12.9. The Balaban J connectivity index is 3.11. The number of alkyl halides is 2. The summed E-state index contributed by atoms with van der Waals surface area (Å²) in [6.45, 7) is 10.1. The number of rotatable bonds is 10. The van der Waals surface area contributed by atoms with Gasteiger partial charge in [-0.25, -0.2) is 8.78 Å². The maximum Gasteiger partial charge on any atom is 0.278 e. The normalized spacial score (nSPS) is 17.7. The second-order valence-electron chi connectivity index (χ2n) is 7.57. The molecule has 0 saturated carbocycles. The number of nitrogens with zero attached hydrogens (tertiary/aromatic N) is 2. The van der Waals surface area contributed by atoms with Crippen LogP contribution in [-0.4, -0.2) is 48.4 Å². The van der Waals surface area contributed by atoms with Crippen molar-refractivity contribution in [1.82, 2.24) is 4.90 Å².